The van der Waals surface area contributed by atoms with Crippen LogP contribution in [0.5, 0.6) is 0 Å². The summed E-state index contributed by atoms with van der Waals surface area (Å²) in [5.74, 6) is 1.36. The SMILES string of the molecule is Nc1nc2c(c(N3CC=CCC3)n1)CCN(c1ncc(F)cn1)CC2. The van der Waals surface area contributed by atoms with Crippen LogP contribution in [-0.4, -0.2) is 46.1 Å². The molecule has 2 N–H and O–H groups in total. The molecule has 0 atom stereocenters. The van der Waals surface area contributed by atoms with Gasteiger partial charge in [0.05, 0.1) is 18.1 Å². The van der Waals surface area contributed by atoms with Gasteiger partial charge in [0.1, 0.15) is 5.82 Å². The second kappa shape index (κ2) is 6.62. The molecule has 2 aliphatic heterocycles. The number of nitrogens with two attached hydrogens (primary N) is 1. The Balaban J connectivity index is 1.62. The van der Waals surface area contributed by atoms with E-state index in [1.807, 2.05) is 0 Å². The lowest BCUT2D eigenvalue weighted by molar-refractivity contribution is 0.610. The van der Waals surface area contributed by atoms with Crippen LogP contribution in [0.15, 0.2) is 24.5 Å². The molecule has 0 spiro atoms. The van der Waals surface area contributed by atoms with Gasteiger partial charge in [0.2, 0.25) is 11.9 Å². The van der Waals surface area contributed by atoms with E-state index in [-0.39, 0.29) is 0 Å². The number of hydrogen-bond acceptors (Lipinski definition) is 7. The molecular weight excluding hydrogens is 321 g/mol. The largest absolute Gasteiger partial charge is 0.368 e. The highest BCUT2D eigenvalue weighted by Crippen LogP contribution is 2.27. The Labute approximate surface area is 145 Å². The molecule has 2 aromatic heterocycles. The minimum atomic E-state index is -0.430. The Kier molecular flexibility index (Phi) is 4.17. The van der Waals surface area contributed by atoms with Crippen molar-refractivity contribution in [2.45, 2.75) is 19.3 Å². The second-order valence-electron chi connectivity index (χ2n) is 6.23. The second-order valence-corrected chi connectivity index (χ2v) is 6.23. The maximum Gasteiger partial charge on any atom is 0.225 e. The van der Waals surface area contributed by atoms with Gasteiger partial charge in [-0.1, -0.05) is 12.2 Å². The minimum Gasteiger partial charge on any atom is -0.368 e. The van der Waals surface area contributed by atoms with Crippen LogP contribution in [0.2, 0.25) is 0 Å². The van der Waals surface area contributed by atoms with E-state index in [0.717, 1.165) is 56.0 Å². The number of aromatic nitrogens is 4. The fourth-order valence-electron chi connectivity index (χ4n) is 3.36. The molecule has 4 rings (SSSR count). The van der Waals surface area contributed by atoms with Crippen molar-refractivity contribution in [1.82, 2.24) is 19.9 Å². The van der Waals surface area contributed by atoms with Gasteiger partial charge in [0.15, 0.2) is 5.82 Å². The lowest BCUT2D eigenvalue weighted by atomic mass is 10.1. The summed E-state index contributed by atoms with van der Waals surface area (Å²) in [7, 11) is 0. The molecular formula is C17H20FN7. The predicted octanol–water partition coefficient (Wildman–Crippen LogP) is 1.36. The van der Waals surface area contributed by atoms with Gasteiger partial charge in [-0.3, -0.25) is 0 Å². The van der Waals surface area contributed by atoms with Gasteiger partial charge in [-0.2, -0.15) is 4.98 Å². The van der Waals surface area contributed by atoms with Crippen LogP contribution in [-0.2, 0) is 12.8 Å². The lowest BCUT2D eigenvalue weighted by Gasteiger charge is -2.27. The summed E-state index contributed by atoms with van der Waals surface area (Å²) in [6.45, 7) is 3.23. The molecule has 0 fully saturated rings. The van der Waals surface area contributed by atoms with Gasteiger partial charge in [-0.25, -0.2) is 19.3 Å². The number of anilines is 3. The summed E-state index contributed by atoms with van der Waals surface area (Å²) in [6.07, 6.45) is 9.27. The number of fused-ring (bicyclic) bond motifs is 1. The van der Waals surface area contributed by atoms with Crippen molar-refractivity contribution in [3.8, 4) is 0 Å². The molecule has 0 radical (unpaired) electrons. The van der Waals surface area contributed by atoms with E-state index in [1.54, 1.807) is 0 Å². The van der Waals surface area contributed by atoms with E-state index in [0.29, 0.717) is 18.4 Å². The van der Waals surface area contributed by atoms with Crippen molar-refractivity contribution in [2.75, 3.05) is 41.7 Å². The number of halogens is 1. The van der Waals surface area contributed by atoms with E-state index in [1.165, 1.54) is 12.4 Å². The summed E-state index contributed by atoms with van der Waals surface area (Å²) in [5.41, 5.74) is 8.09. The average Bonchev–Trinajstić information content (AvgIpc) is 2.85. The Morgan fingerprint density at radius 3 is 2.52 bits per heavy atom. The molecule has 0 aliphatic carbocycles. The summed E-state index contributed by atoms with van der Waals surface area (Å²) >= 11 is 0. The first-order valence-corrected chi connectivity index (χ1v) is 8.48. The monoisotopic (exact) mass is 341 g/mol. The third-order valence-electron chi connectivity index (χ3n) is 4.59. The molecule has 130 valence electrons. The molecule has 8 heteroatoms. The zero-order valence-electron chi connectivity index (χ0n) is 13.9. The molecule has 25 heavy (non-hydrogen) atoms. The maximum atomic E-state index is 13.1. The van der Waals surface area contributed by atoms with Crippen LogP contribution in [0.25, 0.3) is 0 Å². The molecule has 0 aromatic carbocycles. The zero-order valence-corrected chi connectivity index (χ0v) is 13.9. The van der Waals surface area contributed by atoms with Crippen LogP contribution >= 0.6 is 0 Å². The van der Waals surface area contributed by atoms with Crippen molar-refractivity contribution < 1.29 is 4.39 Å². The standard InChI is InChI=1S/C17H20FN7/c18-12-10-20-17(21-11-12)25-8-4-13-14(5-9-25)22-16(19)23-15(13)24-6-2-1-3-7-24/h1-2,10-11H,3-9H2,(H2,19,22,23). The Hall–Kier alpha value is -2.77. The molecule has 0 bridgehead atoms. The summed E-state index contributed by atoms with van der Waals surface area (Å²) in [6, 6.07) is 0. The van der Waals surface area contributed by atoms with Gasteiger partial charge in [0.25, 0.3) is 0 Å². The molecule has 0 saturated carbocycles. The number of nitrogen functional groups attached to an aromatic ring is 1. The third-order valence-corrected chi connectivity index (χ3v) is 4.59. The van der Waals surface area contributed by atoms with Crippen molar-refractivity contribution in [3.05, 3.63) is 41.6 Å². The van der Waals surface area contributed by atoms with E-state index in [2.05, 4.69) is 41.9 Å². The normalized spacial score (nSPS) is 17.3. The highest BCUT2D eigenvalue weighted by Gasteiger charge is 2.23. The highest BCUT2D eigenvalue weighted by atomic mass is 19.1. The molecule has 4 heterocycles. The Morgan fingerprint density at radius 1 is 0.960 bits per heavy atom. The minimum absolute atomic E-state index is 0.315. The van der Waals surface area contributed by atoms with Crippen molar-refractivity contribution in [1.29, 1.82) is 0 Å². The van der Waals surface area contributed by atoms with E-state index < -0.39 is 5.82 Å². The zero-order chi connectivity index (χ0) is 17.2. The number of nitrogens with zero attached hydrogens (tertiary/aromatic N) is 6. The first-order valence-electron chi connectivity index (χ1n) is 8.48. The molecule has 2 aromatic rings. The van der Waals surface area contributed by atoms with Gasteiger partial charge in [-0.15, -0.1) is 0 Å². The fourth-order valence-corrected chi connectivity index (χ4v) is 3.36. The lowest BCUT2D eigenvalue weighted by Crippen LogP contribution is -2.30. The van der Waals surface area contributed by atoms with Gasteiger partial charge >= 0.3 is 0 Å². The highest BCUT2D eigenvalue weighted by molar-refractivity contribution is 5.54. The summed E-state index contributed by atoms with van der Waals surface area (Å²) < 4.78 is 13.1. The molecule has 0 amide bonds. The van der Waals surface area contributed by atoms with E-state index in [4.69, 9.17) is 5.73 Å². The quantitative estimate of drug-likeness (QED) is 0.826. The smallest absolute Gasteiger partial charge is 0.225 e. The van der Waals surface area contributed by atoms with Crippen molar-refractivity contribution in [2.24, 2.45) is 0 Å². The van der Waals surface area contributed by atoms with Gasteiger partial charge in [0, 0.05) is 38.2 Å². The van der Waals surface area contributed by atoms with Gasteiger partial charge < -0.3 is 15.5 Å². The first-order chi connectivity index (χ1) is 12.2. The average molecular weight is 341 g/mol. The Bertz CT molecular complexity index is 790. The van der Waals surface area contributed by atoms with Crippen LogP contribution < -0.4 is 15.5 Å². The van der Waals surface area contributed by atoms with Crippen molar-refractivity contribution >= 4 is 17.7 Å². The molecule has 7 nitrogen and oxygen atoms in total. The first kappa shape index (κ1) is 15.7. The molecule has 0 unspecified atom stereocenters. The molecule has 2 aliphatic rings. The van der Waals surface area contributed by atoms with Crippen LogP contribution in [0.3, 0.4) is 0 Å². The van der Waals surface area contributed by atoms with Gasteiger partial charge in [-0.05, 0) is 12.8 Å². The van der Waals surface area contributed by atoms with Crippen molar-refractivity contribution in [3.63, 3.8) is 0 Å². The summed E-state index contributed by atoms with van der Waals surface area (Å²) in [5, 5.41) is 0. The van der Waals surface area contributed by atoms with Crippen LogP contribution in [0, 0.1) is 5.82 Å². The Morgan fingerprint density at radius 2 is 1.76 bits per heavy atom. The summed E-state index contributed by atoms with van der Waals surface area (Å²) in [4.78, 5) is 21.5. The number of rotatable bonds is 2. The van der Waals surface area contributed by atoms with Crippen LogP contribution in [0.1, 0.15) is 17.7 Å². The molecule has 0 saturated heterocycles. The van der Waals surface area contributed by atoms with Crippen LogP contribution in [0.4, 0.5) is 22.1 Å². The van der Waals surface area contributed by atoms with E-state index in [9.17, 15) is 4.39 Å². The number of hydrogen-bond donors (Lipinski definition) is 1. The maximum absolute atomic E-state index is 13.1. The topological polar surface area (TPSA) is 84.1 Å². The third kappa shape index (κ3) is 3.24. The predicted molar refractivity (Wildman–Crippen MR) is 94.0 cm³/mol. The fraction of sp³-hybridized carbons (Fsp3) is 0.412. The van der Waals surface area contributed by atoms with E-state index >= 15 is 0 Å².